The van der Waals surface area contributed by atoms with Crippen molar-refractivity contribution in [3.8, 4) is 5.75 Å². The molecule has 0 aliphatic carbocycles. The summed E-state index contributed by atoms with van der Waals surface area (Å²) in [6.45, 7) is 10.2. The van der Waals surface area contributed by atoms with Crippen molar-refractivity contribution in [1.29, 1.82) is 0 Å². The topological polar surface area (TPSA) is 21.3 Å². The molecule has 0 aliphatic heterocycles. The maximum Gasteiger partial charge on any atom is 0.119 e. The molecule has 0 radical (unpaired) electrons. The van der Waals surface area contributed by atoms with Crippen LogP contribution in [0.3, 0.4) is 0 Å². The Balaban J connectivity index is 1.85. The van der Waals surface area contributed by atoms with Crippen LogP contribution in [0.2, 0.25) is 0 Å². The van der Waals surface area contributed by atoms with Crippen molar-refractivity contribution in [3.63, 3.8) is 0 Å². The van der Waals surface area contributed by atoms with Gasteiger partial charge in [0.15, 0.2) is 0 Å². The molecule has 0 heterocycles. The second kappa shape index (κ2) is 6.66. The molecule has 2 aromatic rings. The van der Waals surface area contributed by atoms with Crippen LogP contribution in [0.4, 0.5) is 5.69 Å². The van der Waals surface area contributed by atoms with Gasteiger partial charge in [-0.2, -0.15) is 0 Å². The van der Waals surface area contributed by atoms with Crippen LogP contribution in [0.25, 0.3) is 0 Å². The standard InChI is InChI=1S/C19H25NO/c1-15-8-5-6-11-18(15)20-12-13-21-17-10-7-9-16(14-17)19(2,3)4/h5-11,14,20H,12-13H2,1-4H3. The Labute approximate surface area is 128 Å². The Morgan fingerprint density at radius 1 is 1.00 bits per heavy atom. The number of hydrogen-bond acceptors (Lipinski definition) is 2. The zero-order valence-electron chi connectivity index (χ0n) is 13.4. The number of ether oxygens (including phenoxy) is 1. The van der Waals surface area contributed by atoms with E-state index in [4.69, 9.17) is 4.74 Å². The normalized spacial score (nSPS) is 11.2. The Bertz CT molecular complexity index is 584. The number of nitrogens with one attached hydrogen (secondary N) is 1. The molecule has 0 spiro atoms. The van der Waals surface area contributed by atoms with Crippen molar-refractivity contribution >= 4 is 5.69 Å². The third-order valence-corrected chi connectivity index (χ3v) is 3.53. The van der Waals surface area contributed by atoms with Crippen LogP contribution in [0.1, 0.15) is 31.9 Å². The molecule has 0 bridgehead atoms. The number of anilines is 1. The second-order valence-corrected chi connectivity index (χ2v) is 6.37. The van der Waals surface area contributed by atoms with Crippen LogP contribution >= 0.6 is 0 Å². The van der Waals surface area contributed by atoms with E-state index < -0.39 is 0 Å². The second-order valence-electron chi connectivity index (χ2n) is 6.37. The summed E-state index contributed by atoms with van der Waals surface area (Å²) in [7, 11) is 0. The third kappa shape index (κ3) is 4.52. The van der Waals surface area contributed by atoms with Crippen molar-refractivity contribution in [2.45, 2.75) is 33.1 Å². The van der Waals surface area contributed by atoms with Crippen molar-refractivity contribution in [2.75, 3.05) is 18.5 Å². The van der Waals surface area contributed by atoms with Crippen molar-refractivity contribution in [3.05, 3.63) is 59.7 Å². The van der Waals surface area contributed by atoms with E-state index in [1.807, 2.05) is 12.1 Å². The van der Waals surface area contributed by atoms with E-state index in [1.165, 1.54) is 16.8 Å². The van der Waals surface area contributed by atoms with E-state index in [9.17, 15) is 0 Å². The van der Waals surface area contributed by atoms with Gasteiger partial charge in [-0.1, -0.05) is 51.1 Å². The van der Waals surface area contributed by atoms with Crippen LogP contribution in [0.15, 0.2) is 48.5 Å². The number of benzene rings is 2. The predicted molar refractivity (Wildman–Crippen MR) is 90.3 cm³/mol. The molecular weight excluding hydrogens is 258 g/mol. The number of hydrogen-bond donors (Lipinski definition) is 1. The monoisotopic (exact) mass is 283 g/mol. The highest BCUT2D eigenvalue weighted by atomic mass is 16.5. The van der Waals surface area contributed by atoms with Gasteiger partial charge in [0.05, 0.1) is 0 Å². The van der Waals surface area contributed by atoms with Gasteiger partial charge in [-0.15, -0.1) is 0 Å². The average molecular weight is 283 g/mol. The van der Waals surface area contributed by atoms with Crippen molar-refractivity contribution in [2.24, 2.45) is 0 Å². The van der Waals surface area contributed by atoms with Crippen LogP contribution < -0.4 is 10.1 Å². The van der Waals surface area contributed by atoms with Crippen LogP contribution in [-0.2, 0) is 5.41 Å². The quantitative estimate of drug-likeness (QED) is 0.797. The summed E-state index contributed by atoms with van der Waals surface area (Å²) in [4.78, 5) is 0. The average Bonchev–Trinajstić information content (AvgIpc) is 2.45. The van der Waals surface area contributed by atoms with Gasteiger partial charge in [-0.05, 0) is 41.7 Å². The lowest BCUT2D eigenvalue weighted by Crippen LogP contribution is -2.13. The van der Waals surface area contributed by atoms with Gasteiger partial charge in [0.2, 0.25) is 0 Å². The molecule has 2 aromatic carbocycles. The number of aryl methyl sites for hydroxylation is 1. The first kappa shape index (κ1) is 15.4. The Hall–Kier alpha value is -1.96. The van der Waals surface area contributed by atoms with Crippen LogP contribution in [0.5, 0.6) is 5.75 Å². The molecule has 112 valence electrons. The highest BCUT2D eigenvalue weighted by Gasteiger charge is 2.13. The van der Waals surface area contributed by atoms with Gasteiger partial charge in [0.1, 0.15) is 12.4 Å². The molecule has 0 saturated heterocycles. The lowest BCUT2D eigenvalue weighted by Gasteiger charge is -2.20. The molecule has 2 nitrogen and oxygen atoms in total. The highest BCUT2D eigenvalue weighted by molar-refractivity contribution is 5.50. The zero-order valence-corrected chi connectivity index (χ0v) is 13.4. The minimum absolute atomic E-state index is 0.152. The fraction of sp³-hybridized carbons (Fsp3) is 0.368. The molecule has 2 heteroatoms. The summed E-state index contributed by atoms with van der Waals surface area (Å²) in [5.41, 5.74) is 3.88. The van der Waals surface area contributed by atoms with Crippen molar-refractivity contribution in [1.82, 2.24) is 0 Å². The maximum absolute atomic E-state index is 5.84. The summed E-state index contributed by atoms with van der Waals surface area (Å²) in [5, 5.41) is 3.40. The molecule has 0 fully saturated rings. The molecule has 0 aliphatic rings. The molecule has 0 unspecified atom stereocenters. The molecule has 0 aromatic heterocycles. The maximum atomic E-state index is 5.84. The van der Waals surface area contributed by atoms with E-state index in [1.54, 1.807) is 0 Å². The molecule has 21 heavy (non-hydrogen) atoms. The predicted octanol–water partition coefficient (Wildman–Crippen LogP) is 4.78. The molecule has 0 saturated carbocycles. The summed E-state index contributed by atoms with van der Waals surface area (Å²) in [6, 6.07) is 16.7. The fourth-order valence-electron chi connectivity index (χ4n) is 2.18. The van der Waals surface area contributed by atoms with Crippen LogP contribution in [-0.4, -0.2) is 13.2 Å². The Morgan fingerprint density at radius 3 is 2.48 bits per heavy atom. The van der Waals surface area contributed by atoms with Gasteiger partial charge < -0.3 is 10.1 Å². The summed E-state index contributed by atoms with van der Waals surface area (Å²) in [6.07, 6.45) is 0. The number of rotatable bonds is 5. The molecule has 2 rings (SSSR count). The van der Waals surface area contributed by atoms with Crippen molar-refractivity contribution < 1.29 is 4.74 Å². The minimum atomic E-state index is 0.152. The van der Waals surface area contributed by atoms with Gasteiger partial charge in [-0.3, -0.25) is 0 Å². The third-order valence-electron chi connectivity index (χ3n) is 3.53. The SMILES string of the molecule is Cc1ccccc1NCCOc1cccc(C(C)(C)C)c1. The van der Waals surface area contributed by atoms with E-state index in [-0.39, 0.29) is 5.41 Å². The Kier molecular flexibility index (Phi) is 4.89. The van der Waals surface area contributed by atoms with E-state index in [2.05, 4.69) is 69.4 Å². The Morgan fingerprint density at radius 2 is 1.76 bits per heavy atom. The van der Waals surface area contributed by atoms with Gasteiger partial charge in [-0.25, -0.2) is 0 Å². The highest BCUT2D eigenvalue weighted by Crippen LogP contribution is 2.25. The van der Waals surface area contributed by atoms with Gasteiger partial charge in [0.25, 0.3) is 0 Å². The van der Waals surface area contributed by atoms with E-state index in [0.717, 1.165) is 12.3 Å². The molecule has 1 N–H and O–H groups in total. The minimum Gasteiger partial charge on any atom is -0.492 e. The first-order chi connectivity index (χ1) is 9.97. The van der Waals surface area contributed by atoms with E-state index in [0.29, 0.717) is 6.61 Å². The summed E-state index contributed by atoms with van der Waals surface area (Å²) < 4.78 is 5.84. The summed E-state index contributed by atoms with van der Waals surface area (Å²) in [5.74, 6) is 0.939. The largest absolute Gasteiger partial charge is 0.492 e. The lowest BCUT2D eigenvalue weighted by atomic mass is 9.87. The van der Waals surface area contributed by atoms with Gasteiger partial charge in [0, 0.05) is 12.2 Å². The van der Waals surface area contributed by atoms with E-state index >= 15 is 0 Å². The molecule has 0 atom stereocenters. The smallest absolute Gasteiger partial charge is 0.119 e. The first-order valence-corrected chi connectivity index (χ1v) is 7.50. The summed E-state index contributed by atoms with van der Waals surface area (Å²) >= 11 is 0. The zero-order chi connectivity index (χ0) is 15.3. The first-order valence-electron chi connectivity index (χ1n) is 7.50. The number of para-hydroxylation sites is 1. The fourth-order valence-corrected chi connectivity index (χ4v) is 2.18. The molecule has 0 amide bonds. The lowest BCUT2D eigenvalue weighted by molar-refractivity contribution is 0.332. The molecular formula is C19H25NO. The van der Waals surface area contributed by atoms with Crippen LogP contribution in [0, 0.1) is 6.92 Å². The van der Waals surface area contributed by atoms with Gasteiger partial charge >= 0.3 is 0 Å².